The molecule has 0 radical (unpaired) electrons. The Labute approximate surface area is 188 Å². The molecule has 2 aliphatic rings. The maximum absolute atomic E-state index is 12.8. The third-order valence-electron chi connectivity index (χ3n) is 6.65. The maximum Gasteiger partial charge on any atom is 0.407 e. The number of rotatable bonds is 5. The highest BCUT2D eigenvalue weighted by atomic mass is 16.5. The Morgan fingerprint density at radius 2 is 1.75 bits per heavy atom. The summed E-state index contributed by atoms with van der Waals surface area (Å²) in [4.78, 5) is 24.9. The second kappa shape index (κ2) is 8.33. The molecule has 2 aromatic carbocycles. The summed E-state index contributed by atoms with van der Waals surface area (Å²) in [5.41, 5.74) is 3.68. The van der Waals surface area contributed by atoms with Crippen LogP contribution in [0.1, 0.15) is 30.4 Å². The highest BCUT2D eigenvalue weighted by molar-refractivity contribution is 5.82. The summed E-state index contributed by atoms with van der Waals surface area (Å²) in [6, 6.07) is 15.1. The molecular formula is C26H29N2O4+. The topological polar surface area (TPSA) is 75.6 Å². The van der Waals surface area contributed by atoms with E-state index in [4.69, 9.17) is 4.74 Å². The number of nitrogens with zero attached hydrogens (tertiary/aromatic N) is 1. The van der Waals surface area contributed by atoms with Gasteiger partial charge in [-0.1, -0.05) is 54.5 Å². The summed E-state index contributed by atoms with van der Waals surface area (Å²) in [5, 5.41) is 12.6. The van der Waals surface area contributed by atoms with Crippen molar-refractivity contribution in [2.24, 2.45) is 5.41 Å². The Bertz CT molecular complexity index is 1070. The first kappa shape index (κ1) is 21.9. The Kier molecular flexibility index (Phi) is 5.70. The van der Waals surface area contributed by atoms with Crippen LogP contribution in [-0.4, -0.2) is 61.5 Å². The van der Waals surface area contributed by atoms with Crippen LogP contribution in [0.15, 0.2) is 48.5 Å². The molecule has 0 aromatic heterocycles. The number of fused-ring (bicyclic) bond motifs is 3. The summed E-state index contributed by atoms with van der Waals surface area (Å²) in [5.74, 6) is 4.81. The van der Waals surface area contributed by atoms with Gasteiger partial charge in [-0.15, -0.1) is 5.92 Å². The minimum atomic E-state index is -1.13. The van der Waals surface area contributed by atoms with E-state index in [1.165, 1.54) is 0 Å². The first-order valence-corrected chi connectivity index (χ1v) is 10.9. The number of benzene rings is 2. The predicted octanol–water partition coefficient (Wildman–Crippen LogP) is 3.47. The Hall–Kier alpha value is -3.30. The molecule has 2 atom stereocenters. The van der Waals surface area contributed by atoms with Crippen molar-refractivity contribution in [3.63, 3.8) is 0 Å². The molecule has 0 bridgehead atoms. The largest absolute Gasteiger partial charge is 0.480 e. The van der Waals surface area contributed by atoms with Gasteiger partial charge in [0.05, 0.1) is 27.2 Å². The number of likely N-dealkylation sites (tertiary alicyclic amines) is 1. The first-order valence-electron chi connectivity index (χ1n) is 10.9. The molecule has 32 heavy (non-hydrogen) atoms. The number of hydrogen-bond acceptors (Lipinski definition) is 3. The number of alkyl carbamates (subject to hydrolysis) is 1. The molecule has 6 nitrogen and oxygen atoms in total. The molecular weight excluding hydrogens is 404 g/mol. The van der Waals surface area contributed by atoms with Gasteiger partial charge >= 0.3 is 12.1 Å². The number of carboxylic acids is 1. The highest BCUT2D eigenvalue weighted by Crippen LogP contribution is 2.44. The van der Waals surface area contributed by atoms with Crippen molar-refractivity contribution in [1.82, 2.24) is 5.32 Å². The van der Waals surface area contributed by atoms with Gasteiger partial charge in [0.25, 0.3) is 0 Å². The molecule has 1 aliphatic heterocycles. The van der Waals surface area contributed by atoms with E-state index in [-0.39, 0.29) is 12.5 Å². The lowest BCUT2D eigenvalue weighted by Gasteiger charge is -2.31. The van der Waals surface area contributed by atoms with E-state index in [0.717, 1.165) is 28.8 Å². The maximum atomic E-state index is 12.8. The third kappa shape index (κ3) is 3.96. The van der Waals surface area contributed by atoms with Crippen LogP contribution in [0.4, 0.5) is 4.79 Å². The fourth-order valence-electron chi connectivity index (χ4n) is 5.28. The van der Waals surface area contributed by atoms with Crippen LogP contribution in [0.3, 0.4) is 0 Å². The van der Waals surface area contributed by atoms with Crippen LogP contribution in [0.5, 0.6) is 0 Å². The van der Waals surface area contributed by atoms with Crippen molar-refractivity contribution < 1.29 is 23.9 Å². The zero-order valence-corrected chi connectivity index (χ0v) is 18.7. The zero-order chi connectivity index (χ0) is 22.9. The molecule has 2 aromatic rings. The lowest BCUT2D eigenvalue weighted by molar-refractivity contribution is -0.880. The molecule has 1 amide bonds. The van der Waals surface area contributed by atoms with Gasteiger partial charge < -0.3 is 19.6 Å². The van der Waals surface area contributed by atoms with Crippen molar-refractivity contribution >= 4 is 12.1 Å². The van der Waals surface area contributed by atoms with Gasteiger partial charge in [-0.25, -0.2) is 9.59 Å². The molecule has 1 aliphatic carbocycles. The van der Waals surface area contributed by atoms with Crippen LogP contribution in [-0.2, 0) is 9.53 Å². The second-order valence-electron chi connectivity index (χ2n) is 9.34. The summed E-state index contributed by atoms with van der Waals surface area (Å²) in [7, 11) is 4.09. The minimum absolute atomic E-state index is 0.0806. The number of carbonyl (C=O) groups is 2. The average molecular weight is 434 g/mol. The van der Waals surface area contributed by atoms with Gasteiger partial charge in [0.1, 0.15) is 12.0 Å². The predicted molar refractivity (Wildman–Crippen MR) is 122 cm³/mol. The van der Waals surface area contributed by atoms with Crippen molar-refractivity contribution in [2.75, 3.05) is 33.8 Å². The summed E-state index contributed by atoms with van der Waals surface area (Å²) < 4.78 is 6.25. The smallest absolute Gasteiger partial charge is 0.407 e. The normalized spacial score (nSPS) is 21.6. The van der Waals surface area contributed by atoms with Gasteiger partial charge in [-0.2, -0.15) is 0 Å². The van der Waals surface area contributed by atoms with Gasteiger partial charge in [0.15, 0.2) is 6.04 Å². The second-order valence-corrected chi connectivity index (χ2v) is 9.34. The number of carboxylic acid groups (broad SMARTS) is 1. The number of carbonyl (C=O) groups excluding carboxylic acids is 1. The van der Waals surface area contributed by atoms with E-state index >= 15 is 0 Å². The molecule has 1 fully saturated rings. The van der Waals surface area contributed by atoms with Crippen LogP contribution in [0, 0.1) is 17.3 Å². The van der Waals surface area contributed by atoms with Crippen molar-refractivity contribution in [1.29, 1.82) is 0 Å². The van der Waals surface area contributed by atoms with Crippen molar-refractivity contribution in [3.8, 4) is 23.0 Å². The molecule has 0 unspecified atom stereocenters. The molecule has 4 rings (SSSR count). The van der Waals surface area contributed by atoms with Gasteiger partial charge in [0, 0.05) is 12.3 Å². The van der Waals surface area contributed by atoms with E-state index in [1.807, 2.05) is 50.5 Å². The highest BCUT2D eigenvalue weighted by Gasteiger charge is 2.53. The minimum Gasteiger partial charge on any atom is -0.480 e. The fraction of sp³-hybridized carbons (Fsp3) is 0.385. The van der Waals surface area contributed by atoms with E-state index in [9.17, 15) is 14.7 Å². The quantitative estimate of drug-likeness (QED) is 0.559. The number of aliphatic carboxylic acids is 1. The molecule has 1 heterocycles. The summed E-state index contributed by atoms with van der Waals surface area (Å²) >= 11 is 0. The van der Waals surface area contributed by atoms with Crippen LogP contribution >= 0.6 is 0 Å². The van der Waals surface area contributed by atoms with Crippen molar-refractivity contribution in [3.05, 3.63) is 59.7 Å². The number of hydrogen-bond donors (Lipinski definition) is 2. The average Bonchev–Trinajstić information content (AvgIpc) is 3.25. The number of ether oxygens (including phenoxy) is 1. The van der Waals surface area contributed by atoms with Gasteiger partial charge in [-0.05, 0) is 29.2 Å². The van der Waals surface area contributed by atoms with Gasteiger partial charge in [-0.3, -0.25) is 0 Å². The molecule has 2 N–H and O–H groups in total. The number of nitrogens with one attached hydrogen (secondary N) is 1. The van der Waals surface area contributed by atoms with Crippen LogP contribution in [0.25, 0.3) is 11.1 Å². The molecule has 6 heteroatoms. The third-order valence-corrected chi connectivity index (χ3v) is 6.65. The lowest BCUT2D eigenvalue weighted by Crippen LogP contribution is -2.54. The van der Waals surface area contributed by atoms with E-state index in [0.29, 0.717) is 17.4 Å². The standard InChI is InChI=1S/C26H28N2O4/c1-4-13-26(14-15-28(2,3)17-26)23(24(29)30)27-25(31)32-16-22-20-11-7-5-9-18(20)19-10-6-8-12-21(19)22/h5-12,22-23H,14-17H2,1-3H3,(H-,27,29,30,31)/p+1/t23-,26+/m1/s1. The van der Waals surface area contributed by atoms with Crippen LogP contribution in [0.2, 0.25) is 0 Å². The Balaban J connectivity index is 1.51. The van der Waals surface area contributed by atoms with Crippen molar-refractivity contribution in [2.45, 2.75) is 25.3 Å². The SMILES string of the molecule is CC#C[C@]1([C@H](NC(=O)OCC2c3ccccc3-c3ccccc32)C(=O)O)CC[N+](C)(C)C1. The van der Waals surface area contributed by atoms with Gasteiger partial charge in [0.2, 0.25) is 0 Å². The Morgan fingerprint density at radius 1 is 1.16 bits per heavy atom. The van der Waals surface area contributed by atoms with E-state index in [1.54, 1.807) is 6.92 Å². The number of amides is 1. The Morgan fingerprint density at radius 3 is 2.25 bits per heavy atom. The number of quaternary nitrogens is 1. The lowest BCUT2D eigenvalue weighted by atomic mass is 9.79. The van der Waals surface area contributed by atoms with Crippen LogP contribution < -0.4 is 5.32 Å². The first-order chi connectivity index (χ1) is 15.3. The summed E-state index contributed by atoms with van der Waals surface area (Å²) in [6.07, 6.45) is -0.129. The van der Waals surface area contributed by atoms with E-state index < -0.39 is 23.5 Å². The summed E-state index contributed by atoms with van der Waals surface area (Å²) in [6.45, 7) is 3.19. The monoisotopic (exact) mass is 433 g/mol. The fourth-order valence-corrected chi connectivity index (χ4v) is 5.28. The molecule has 0 spiro atoms. The molecule has 166 valence electrons. The molecule has 1 saturated heterocycles. The molecule has 0 saturated carbocycles. The van der Waals surface area contributed by atoms with E-state index in [2.05, 4.69) is 29.3 Å². The zero-order valence-electron chi connectivity index (χ0n) is 18.7.